The topological polar surface area (TPSA) is 79.7 Å². The molecule has 2 amide bonds. The summed E-state index contributed by atoms with van der Waals surface area (Å²) < 4.78 is 18.9. The molecule has 1 aliphatic heterocycles. The van der Waals surface area contributed by atoms with Gasteiger partial charge in [-0.25, -0.2) is 24.1 Å². The number of urea groups is 1. The van der Waals surface area contributed by atoms with Gasteiger partial charge in [-0.2, -0.15) is 0 Å². The van der Waals surface area contributed by atoms with Crippen LogP contribution in [0.3, 0.4) is 0 Å². The van der Waals surface area contributed by atoms with Gasteiger partial charge in [-0.15, -0.1) is 0 Å². The van der Waals surface area contributed by atoms with Crippen molar-refractivity contribution in [1.82, 2.24) is 14.9 Å². The second-order valence-electron chi connectivity index (χ2n) is 7.46. The van der Waals surface area contributed by atoms with Crippen LogP contribution in [0, 0.1) is 5.82 Å². The van der Waals surface area contributed by atoms with Crippen molar-refractivity contribution in [2.75, 3.05) is 25.0 Å². The summed E-state index contributed by atoms with van der Waals surface area (Å²) in [5.74, 6) is 1.38. The molecule has 1 aliphatic rings. The van der Waals surface area contributed by atoms with Gasteiger partial charge in [0.25, 0.3) is 0 Å². The van der Waals surface area contributed by atoms with Crippen molar-refractivity contribution in [3.8, 4) is 22.8 Å². The molecule has 1 aromatic heterocycles. The van der Waals surface area contributed by atoms with Crippen LogP contribution in [0.5, 0.6) is 11.5 Å². The number of rotatable bonds is 7. The summed E-state index contributed by atoms with van der Waals surface area (Å²) in [5.41, 5.74) is 2.51. The standard InChI is InChI=1S/C25H20FN5O2/c26-18-7-11-20(12-8-18)33-19-9-5-17(6-10-19)23-21-3-1-2-4-22(21)29-24(30-23)27-13-15-31-16-14-28-25(31)32/h1-12,14H,13,15-16H2,(H,27,29,30). The van der Waals surface area contributed by atoms with E-state index in [1.807, 2.05) is 48.5 Å². The van der Waals surface area contributed by atoms with Crippen molar-refractivity contribution < 1.29 is 13.9 Å². The van der Waals surface area contributed by atoms with E-state index in [9.17, 15) is 9.18 Å². The zero-order valence-electron chi connectivity index (χ0n) is 17.6. The average Bonchev–Trinajstić information content (AvgIpc) is 3.25. The number of nitrogens with zero attached hydrogens (tertiary/aromatic N) is 4. The number of carbonyl (C=O) groups excluding carboxylic acids is 1. The van der Waals surface area contributed by atoms with E-state index in [1.54, 1.807) is 23.2 Å². The highest BCUT2D eigenvalue weighted by atomic mass is 19.1. The molecule has 164 valence electrons. The fourth-order valence-electron chi connectivity index (χ4n) is 3.56. The first-order valence-corrected chi connectivity index (χ1v) is 10.5. The summed E-state index contributed by atoms with van der Waals surface area (Å²) in [6.07, 6.45) is 1.61. The second-order valence-corrected chi connectivity index (χ2v) is 7.46. The van der Waals surface area contributed by atoms with Gasteiger partial charge in [0.2, 0.25) is 5.95 Å². The first kappa shape index (κ1) is 20.6. The van der Waals surface area contributed by atoms with Crippen LogP contribution in [-0.2, 0) is 0 Å². The molecule has 33 heavy (non-hydrogen) atoms. The van der Waals surface area contributed by atoms with Crippen LogP contribution >= 0.6 is 0 Å². The Kier molecular flexibility index (Phi) is 5.63. The predicted molar refractivity (Wildman–Crippen MR) is 125 cm³/mol. The Labute approximate surface area is 189 Å². The molecule has 4 aromatic rings. The minimum absolute atomic E-state index is 0.222. The van der Waals surface area contributed by atoms with E-state index in [0.717, 1.165) is 22.2 Å². The summed E-state index contributed by atoms with van der Waals surface area (Å²) in [7, 11) is 0. The number of fused-ring (bicyclic) bond motifs is 1. The molecule has 0 aliphatic carbocycles. The summed E-state index contributed by atoms with van der Waals surface area (Å²) in [6.45, 7) is 1.55. The van der Waals surface area contributed by atoms with E-state index >= 15 is 0 Å². The van der Waals surface area contributed by atoms with E-state index in [2.05, 4.69) is 15.3 Å². The number of hydrogen-bond donors (Lipinski definition) is 1. The van der Waals surface area contributed by atoms with Crippen LogP contribution in [-0.4, -0.2) is 46.7 Å². The number of para-hydroxylation sites is 1. The lowest BCUT2D eigenvalue weighted by molar-refractivity contribution is 0.221. The first-order chi connectivity index (χ1) is 16.2. The first-order valence-electron chi connectivity index (χ1n) is 10.5. The summed E-state index contributed by atoms with van der Waals surface area (Å²) in [4.78, 5) is 26.4. The molecule has 7 nitrogen and oxygen atoms in total. The molecule has 5 rings (SSSR count). The highest BCUT2D eigenvalue weighted by Gasteiger charge is 2.16. The SMILES string of the molecule is O=C1N=CCN1CCNc1nc(-c2ccc(Oc3ccc(F)cc3)cc2)c2ccccc2n1. The van der Waals surface area contributed by atoms with Gasteiger partial charge in [0.05, 0.1) is 17.8 Å². The number of amides is 2. The van der Waals surface area contributed by atoms with Gasteiger partial charge < -0.3 is 15.0 Å². The lowest BCUT2D eigenvalue weighted by Gasteiger charge is -2.15. The Morgan fingerprint density at radius 1 is 0.939 bits per heavy atom. The van der Waals surface area contributed by atoms with E-state index in [0.29, 0.717) is 37.1 Å². The molecule has 0 bridgehead atoms. The molecule has 3 aromatic carbocycles. The molecule has 0 fully saturated rings. The lowest BCUT2D eigenvalue weighted by Crippen LogP contribution is -2.30. The Morgan fingerprint density at radius 2 is 1.67 bits per heavy atom. The third-order valence-corrected chi connectivity index (χ3v) is 5.22. The summed E-state index contributed by atoms with van der Waals surface area (Å²) >= 11 is 0. The average molecular weight is 441 g/mol. The maximum absolute atomic E-state index is 13.1. The number of ether oxygens (including phenoxy) is 1. The van der Waals surface area contributed by atoms with E-state index in [4.69, 9.17) is 9.72 Å². The fraction of sp³-hybridized carbons (Fsp3) is 0.120. The minimum Gasteiger partial charge on any atom is -0.457 e. The van der Waals surface area contributed by atoms with Gasteiger partial charge in [0.1, 0.15) is 17.3 Å². The Bertz CT molecular complexity index is 1320. The fourth-order valence-corrected chi connectivity index (χ4v) is 3.56. The maximum Gasteiger partial charge on any atom is 0.343 e. The number of halogens is 1. The molecule has 0 unspecified atom stereocenters. The summed E-state index contributed by atoms with van der Waals surface area (Å²) in [6, 6.07) is 21.0. The van der Waals surface area contributed by atoms with Crippen molar-refractivity contribution >= 4 is 29.1 Å². The number of carbonyl (C=O) groups is 1. The molecular formula is C25H20FN5O2. The smallest absolute Gasteiger partial charge is 0.343 e. The van der Waals surface area contributed by atoms with Crippen LogP contribution in [0.1, 0.15) is 0 Å². The molecule has 0 saturated carbocycles. The van der Waals surface area contributed by atoms with Gasteiger partial charge in [0, 0.05) is 30.3 Å². The Hall–Kier alpha value is -4.33. The highest BCUT2D eigenvalue weighted by Crippen LogP contribution is 2.30. The molecule has 0 spiro atoms. The second kappa shape index (κ2) is 9.04. The predicted octanol–water partition coefficient (Wildman–Crippen LogP) is 5.15. The van der Waals surface area contributed by atoms with Crippen molar-refractivity contribution in [2.45, 2.75) is 0 Å². The van der Waals surface area contributed by atoms with Crippen LogP contribution in [0.25, 0.3) is 22.2 Å². The molecule has 8 heteroatoms. The zero-order chi connectivity index (χ0) is 22.6. The van der Waals surface area contributed by atoms with Gasteiger partial charge in [0.15, 0.2) is 0 Å². The number of anilines is 1. The number of nitrogens with one attached hydrogen (secondary N) is 1. The molecule has 1 N–H and O–H groups in total. The normalized spacial score (nSPS) is 13.0. The monoisotopic (exact) mass is 441 g/mol. The van der Waals surface area contributed by atoms with Gasteiger partial charge in [-0.1, -0.05) is 18.2 Å². The lowest BCUT2D eigenvalue weighted by atomic mass is 10.1. The number of benzene rings is 3. The van der Waals surface area contributed by atoms with E-state index in [-0.39, 0.29) is 11.8 Å². The van der Waals surface area contributed by atoms with E-state index in [1.165, 1.54) is 12.1 Å². The van der Waals surface area contributed by atoms with Crippen LogP contribution in [0.15, 0.2) is 77.8 Å². The van der Waals surface area contributed by atoms with Crippen molar-refractivity contribution in [3.63, 3.8) is 0 Å². The third-order valence-electron chi connectivity index (χ3n) is 5.22. The van der Waals surface area contributed by atoms with Crippen molar-refractivity contribution in [1.29, 1.82) is 0 Å². The number of aromatic nitrogens is 2. The quantitative estimate of drug-likeness (QED) is 0.429. The molecule has 0 saturated heterocycles. The Balaban J connectivity index is 1.37. The number of aliphatic imine (C=N–C) groups is 1. The molecular weight excluding hydrogens is 421 g/mol. The van der Waals surface area contributed by atoms with Crippen molar-refractivity contribution in [2.24, 2.45) is 4.99 Å². The van der Waals surface area contributed by atoms with Gasteiger partial charge in [-0.3, -0.25) is 0 Å². The Morgan fingerprint density at radius 3 is 2.39 bits per heavy atom. The van der Waals surface area contributed by atoms with Crippen LogP contribution in [0.4, 0.5) is 15.1 Å². The number of hydrogen-bond acceptors (Lipinski definition) is 5. The molecule has 2 heterocycles. The zero-order valence-corrected chi connectivity index (χ0v) is 17.6. The van der Waals surface area contributed by atoms with E-state index < -0.39 is 0 Å². The van der Waals surface area contributed by atoms with Gasteiger partial charge >= 0.3 is 6.03 Å². The summed E-state index contributed by atoms with van der Waals surface area (Å²) in [5, 5.41) is 4.15. The highest BCUT2D eigenvalue weighted by molar-refractivity contribution is 5.93. The maximum atomic E-state index is 13.1. The van der Waals surface area contributed by atoms with Gasteiger partial charge in [-0.05, 0) is 54.6 Å². The van der Waals surface area contributed by atoms with Crippen molar-refractivity contribution in [3.05, 3.63) is 78.6 Å². The third kappa shape index (κ3) is 4.64. The van der Waals surface area contributed by atoms with Crippen LogP contribution < -0.4 is 10.1 Å². The molecule has 0 atom stereocenters. The van der Waals surface area contributed by atoms with Crippen LogP contribution in [0.2, 0.25) is 0 Å². The minimum atomic E-state index is -0.307. The molecule has 0 radical (unpaired) electrons. The largest absolute Gasteiger partial charge is 0.457 e.